The third-order valence-electron chi connectivity index (χ3n) is 0.660. The van der Waals surface area contributed by atoms with Gasteiger partial charge >= 0.3 is 0 Å². The van der Waals surface area contributed by atoms with E-state index in [0.717, 1.165) is 5.06 Å². The first-order valence-corrected chi connectivity index (χ1v) is 2.63. The van der Waals surface area contributed by atoms with Crippen LogP contribution < -0.4 is 0 Å². The Morgan fingerprint density at radius 3 is 2.89 bits per heavy atom. The first-order valence-electron chi connectivity index (χ1n) is 2.63. The minimum Gasteiger partial charge on any atom is -0.276 e. The van der Waals surface area contributed by atoms with Crippen molar-refractivity contribution in [2.45, 2.75) is 6.92 Å². The number of nitrogens with zero attached hydrogens (tertiary/aromatic N) is 1. The van der Waals surface area contributed by atoms with Gasteiger partial charge in [-0.05, 0) is 6.92 Å². The van der Waals surface area contributed by atoms with Crippen molar-refractivity contribution in [3.05, 3.63) is 0 Å². The molecule has 0 aliphatic heterocycles. The van der Waals surface area contributed by atoms with Crippen LogP contribution in [0.5, 0.6) is 0 Å². The average molecular weight is 127 g/mol. The fourth-order valence-corrected chi connectivity index (χ4v) is 0.369. The second-order valence-electron chi connectivity index (χ2n) is 1.30. The SMILES string of the molecule is C#CCN(C=O)OCC. The number of hydroxylamine groups is 2. The molecule has 0 saturated heterocycles. The van der Waals surface area contributed by atoms with Crippen LogP contribution in [-0.4, -0.2) is 24.6 Å². The number of hydrogen-bond donors (Lipinski definition) is 0. The highest BCUT2D eigenvalue weighted by atomic mass is 16.7. The van der Waals surface area contributed by atoms with E-state index >= 15 is 0 Å². The van der Waals surface area contributed by atoms with E-state index in [4.69, 9.17) is 11.3 Å². The molecule has 0 aromatic rings. The first kappa shape index (κ1) is 7.99. The van der Waals surface area contributed by atoms with Gasteiger partial charge in [0.25, 0.3) is 0 Å². The summed E-state index contributed by atoms with van der Waals surface area (Å²) in [6.45, 7) is 2.45. The van der Waals surface area contributed by atoms with Crippen molar-refractivity contribution in [2.24, 2.45) is 0 Å². The lowest BCUT2D eigenvalue weighted by Gasteiger charge is -2.10. The largest absolute Gasteiger partial charge is 0.276 e. The Labute approximate surface area is 54.6 Å². The molecule has 0 atom stereocenters. The minimum absolute atomic E-state index is 0.206. The van der Waals surface area contributed by atoms with Crippen LogP contribution in [0.25, 0.3) is 0 Å². The molecular formula is C6H9NO2. The molecule has 0 aliphatic carbocycles. The van der Waals surface area contributed by atoms with Gasteiger partial charge in [0.2, 0.25) is 6.41 Å². The zero-order valence-corrected chi connectivity index (χ0v) is 5.33. The Morgan fingerprint density at radius 2 is 2.56 bits per heavy atom. The zero-order chi connectivity index (χ0) is 7.11. The van der Waals surface area contributed by atoms with E-state index in [9.17, 15) is 4.79 Å². The van der Waals surface area contributed by atoms with Gasteiger partial charge in [0.15, 0.2) is 0 Å². The molecule has 0 aliphatic rings. The molecule has 0 unspecified atom stereocenters. The monoisotopic (exact) mass is 127 g/mol. The fourth-order valence-electron chi connectivity index (χ4n) is 0.369. The maximum Gasteiger partial charge on any atom is 0.234 e. The third-order valence-corrected chi connectivity index (χ3v) is 0.660. The molecule has 0 rings (SSSR count). The van der Waals surface area contributed by atoms with Crippen LogP contribution in [0, 0.1) is 12.3 Å². The molecule has 0 spiro atoms. The summed E-state index contributed by atoms with van der Waals surface area (Å²) in [5.41, 5.74) is 0. The lowest BCUT2D eigenvalue weighted by molar-refractivity contribution is -0.165. The normalized spacial score (nSPS) is 8.00. The molecule has 1 amide bonds. The Bertz CT molecular complexity index is 117. The summed E-state index contributed by atoms with van der Waals surface area (Å²) in [7, 11) is 0. The van der Waals surface area contributed by atoms with Gasteiger partial charge in [-0.15, -0.1) is 6.42 Å². The van der Waals surface area contributed by atoms with Crippen molar-refractivity contribution in [1.29, 1.82) is 0 Å². The summed E-state index contributed by atoms with van der Waals surface area (Å²) in [4.78, 5) is 14.7. The predicted octanol–water partition coefficient (Wildman–Crippen LogP) is 0.0295. The summed E-state index contributed by atoms with van der Waals surface area (Å²) >= 11 is 0. The number of rotatable bonds is 4. The van der Waals surface area contributed by atoms with Gasteiger partial charge in [0.05, 0.1) is 6.61 Å². The summed E-state index contributed by atoms with van der Waals surface area (Å²) in [5, 5.41) is 1.07. The quantitative estimate of drug-likeness (QED) is 0.303. The van der Waals surface area contributed by atoms with E-state index in [1.54, 1.807) is 6.92 Å². The van der Waals surface area contributed by atoms with Crippen molar-refractivity contribution >= 4 is 6.41 Å². The molecule has 0 aromatic carbocycles. The Hall–Kier alpha value is -1.01. The smallest absolute Gasteiger partial charge is 0.234 e. The highest BCUT2D eigenvalue weighted by molar-refractivity contribution is 5.45. The molecule has 0 radical (unpaired) electrons. The fraction of sp³-hybridized carbons (Fsp3) is 0.500. The topological polar surface area (TPSA) is 29.5 Å². The van der Waals surface area contributed by atoms with Crippen molar-refractivity contribution in [3.8, 4) is 12.3 Å². The molecule has 3 heteroatoms. The molecule has 3 nitrogen and oxygen atoms in total. The van der Waals surface area contributed by atoms with Gasteiger partial charge in [-0.3, -0.25) is 9.63 Å². The van der Waals surface area contributed by atoms with Gasteiger partial charge in [0, 0.05) is 0 Å². The van der Waals surface area contributed by atoms with Gasteiger partial charge in [-0.25, -0.2) is 5.06 Å². The molecule has 0 aromatic heterocycles. The summed E-state index contributed by atoms with van der Waals surface area (Å²) in [5.74, 6) is 2.27. The van der Waals surface area contributed by atoms with E-state index in [2.05, 4.69) is 5.92 Å². The number of hydrogen-bond acceptors (Lipinski definition) is 2. The highest BCUT2D eigenvalue weighted by Crippen LogP contribution is 1.81. The number of terminal acetylenes is 1. The van der Waals surface area contributed by atoms with Crippen molar-refractivity contribution < 1.29 is 9.63 Å². The number of carbonyl (C=O) groups excluding carboxylic acids is 1. The lowest BCUT2D eigenvalue weighted by Crippen LogP contribution is -2.22. The van der Waals surface area contributed by atoms with E-state index in [-0.39, 0.29) is 6.54 Å². The molecule has 0 bridgehead atoms. The Morgan fingerprint density at radius 1 is 1.89 bits per heavy atom. The van der Waals surface area contributed by atoms with Crippen molar-refractivity contribution in [2.75, 3.05) is 13.2 Å². The highest BCUT2D eigenvalue weighted by Gasteiger charge is 1.94. The van der Waals surface area contributed by atoms with E-state index in [1.807, 2.05) is 0 Å². The number of amides is 1. The first-order chi connectivity index (χ1) is 4.35. The Kier molecular flexibility index (Phi) is 4.56. The van der Waals surface area contributed by atoms with Crippen LogP contribution in [0.1, 0.15) is 6.92 Å². The minimum atomic E-state index is 0.206. The average Bonchev–Trinajstić information content (AvgIpc) is 1.88. The summed E-state index contributed by atoms with van der Waals surface area (Å²) in [6, 6.07) is 0. The number of carbonyl (C=O) groups is 1. The van der Waals surface area contributed by atoms with Crippen molar-refractivity contribution in [1.82, 2.24) is 5.06 Å². The predicted molar refractivity (Wildman–Crippen MR) is 33.2 cm³/mol. The van der Waals surface area contributed by atoms with Gasteiger partial charge in [-0.1, -0.05) is 5.92 Å². The maximum absolute atomic E-state index is 9.99. The van der Waals surface area contributed by atoms with Gasteiger partial charge in [-0.2, -0.15) is 0 Å². The van der Waals surface area contributed by atoms with E-state index in [0.29, 0.717) is 13.0 Å². The molecule has 50 valence electrons. The van der Waals surface area contributed by atoms with E-state index < -0.39 is 0 Å². The molecular weight excluding hydrogens is 118 g/mol. The van der Waals surface area contributed by atoms with Crippen LogP contribution in [0.3, 0.4) is 0 Å². The van der Waals surface area contributed by atoms with Crippen LogP contribution >= 0.6 is 0 Å². The lowest BCUT2D eigenvalue weighted by atomic mass is 10.7. The molecule has 9 heavy (non-hydrogen) atoms. The summed E-state index contributed by atoms with van der Waals surface area (Å²) < 4.78 is 0. The van der Waals surface area contributed by atoms with Gasteiger partial charge in [0.1, 0.15) is 6.54 Å². The molecule has 0 heterocycles. The van der Waals surface area contributed by atoms with Crippen molar-refractivity contribution in [3.63, 3.8) is 0 Å². The van der Waals surface area contributed by atoms with E-state index in [1.165, 1.54) is 0 Å². The van der Waals surface area contributed by atoms with Crippen LogP contribution in [0.15, 0.2) is 0 Å². The maximum atomic E-state index is 9.99. The molecule has 0 saturated carbocycles. The van der Waals surface area contributed by atoms with Gasteiger partial charge < -0.3 is 0 Å². The molecule has 0 N–H and O–H groups in total. The van der Waals surface area contributed by atoms with Crippen LogP contribution in [-0.2, 0) is 9.63 Å². The second-order valence-corrected chi connectivity index (χ2v) is 1.30. The Balaban J connectivity index is 3.44. The summed E-state index contributed by atoms with van der Waals surface area (Å²) in [6.07, 6.45) is 5.46. The van der Waals surface area contributed by atoms with Crippen LogP contribution in [0.2, 0.25) is 0 Å². The zero-order valence-electron chi connectivity index (χ0n) is 5.33. The van der Waals surface area contributed by atoms with Crippen LogP contribution in [0.4, 0.5) is 0 Å². The molecule has 0 fully saturated rings. The standard InChI is InChI=1S/C6H9NO2/c1-3-5-7(6-8)9-4-2/h1,6H,4-5H2,2H3. The third kappa shape index (κ3) is 3.56. The second kappa shape index (κ2) is 5.13.